The van der Waals surface area contributed by atoms with Gasteiger partial charge in [-0.1, -0.05) is 40.9 Å². The van der Waals surface area contributed by atoms with E-state index in [4.69, 9.17) is 40.5 Å². The Balaban J connectivity index is 0.000000290. The lowest BCUT2D eigenvalue weighted by atomic mass is 9.92. The van der Waals surface area contributed by atoms with Gasteiger partial charge in [-0.3, -0.25) is 0 Å². The van der Waals surface area contributed by atoms with Crippen molar-refractivity contribution in [2.24, 2.45) is 5.73 Å². The number of benzene rings is 2. The van der Waals surface area contributed by atoms with E-state index in [-0.39, 0.29) is 12.1 Å². The van der Waals surface area contributed by atoms with Crippen molar-refractivity contribution in [3.05, 3.63) is 63.1 Å². The van der Waals surface area contributed by atoms with E-state index in [0.717, 1.165) is 54.4 Å². The molecule has 0 spiro atoms. The maximum Gasteiger partial charge on any atom is 0.0940 e. The van der Waals surface area contributed by atoms with Gasteiger partial charge in [0, 0.05) is 45.6 Å². The van der Waals surface area contributed by atoms with Crippen LogP contribution in [-0.4, -0.2) is 40.4 Å². The van der Waals surface area contributed by atoms with E-state index in [1.54, 1.807) is 6.07 Å². The molecule has 2 N–H and O–H groups in total. The number of anilines is 1. The average molecular weight is 475 g/mol. The van der Waals surface area contributed by atoms with Gasteiger partial charge in [0.1, 0.15) is 0 Å². The molecule has 0 radical (unpaired) electrons. The van der Waals surface area contributed by atoms with E-state index < -0.39 is 11.0 Å². The molecule has 2 aromatic carbocycles. The first-order chi connectivity index (χ1) is 13.8. The Morgan fingerprint density at radius 1 is 1.03 bits per heavy atom. The minimum atomic E-state index is -0.634. The van der Waals surface area contributed by atoms with Crippen LogP contribution in [-0.2, 0) is 11.0 Å². The van der Waals surface area contributed by atoms with Crippen molar-refractivity contribution < 1.29 is 4.21 Å². The Morgan fingerprint density at radius 2 is 1.72 bits per heavy atom. The van der Waals surface area contributed by atoms with Gasteiger partial charge in [-0.05, 0) is 68.3 Å². The molecule has 2 aliphatic rings. The van der Waals surface area contributed by atoms with Gasteiger partial charge in [0.15, 0.2) is 0 Å². The Kier molecular flexibility index (Phi) is 8.25. The van der Waals surface area contributed by atoms with Gasteiger partial charge in [0.2, 0.25) is 0 Å². The summed E-state index contributed by atoms with van der Waals surface area (Å²) in [5.41, 5.74) is 8.37. The fraction of sp³-hybridized carbons (Fsp3) is 0.429. The van der Waals surface area contributed by atoms with Crippen molar-refractivity contribution in [2.75, 3.05) is 30.8 Å². The fourth-order valence-corrected chi connectivity index (χ4v) is 5.36. The zero-order chi connectivity index (χ0) is 21.0. The van der Waals surface area contributed by atoms with Crippen LogP contribution in [0.25, 0.3) is 0 Å². The molecule has 2 aliphatic heterocycles. The third-order valence-electron chi connectivity index (χ3n) is 5.24. The van der Waals surface area contributed by atoms with Crippen LogP contribution < -0.4 is 10.6 Å². The molecule has 2 saturated heterocycles. The molecule has 3 unspecified atom stereocenters. The summed E-state index contributed by atoms with van der Waals surface area (Å²) in [5, 5.41) is 2.08. The van der Waals surface area contributed by atoms with Crippen molar-refractivity contribution in [2.45, 2.75) is 31.3 Å². The lowest BCUT2D eigenvalue weighted by Gasteiger charge is -2.41. The number of rotatable bonds is 2. The number of hydrogen-bond acceptors (Lipinski definition) is 3. The Hall–Kier alpha value is -0.820. The van der Waals surface area contributed by atoms with E-state index >= 15 is 0 Å². The van der Waals surface area contributed by atoms with E-state index in [0.29, 0.717) is 10.0 Å². The lowest BCUT2D eigenvalue weighted by Crippen LogP contribution is -2.44. The molecule has 2 aromatic rings. The van der Waals surface area contributed by atoms with Gasteiger partial charge < -0.3 is 10.6 Å². The highest BCUT2D eigenvalue weighted by Gasteiger charge is 2.29. The van der Waals surface area contributed by atoms with Crippen LogP contribution in [0.5, 0.6) is 0 Å². The molecular formula is C21H26Cl3N3OS. The van der Waals surface area contributed by atoms with Gasteiger partial charge in [-0.15, -0.1) is 0 Å². The zero-order valence-electron chi connectivity index (χ0n) is 16.4. The summed E-state index contributed by atoms with van der Waals surface area (Å²) in [4.78, 5) is 2.31. The number of halogens is 3. The highest BCUT2D eigenvalue weighted by molar-refractivity contribution is 7.82. The molecule has 8 heteroatoms. The summed E-state index contributed by atoms with van der Waals surface area (Å²) in [6, 6.07) is 13.9. The van der Waals surface area contributed by atoms with Gasteiger partial charge in [-0.25, -0.2) is 8.51 Å². The number of piperidine rings is 1. The van der Waals surface area contributed by atoms with Gasteiger partial charge >= 0.3 is 0 Å². The Morgan fingerprint density at radius 3 is 2.28 bits per heavy atom. The van der Waals surface area contributed by atoms with Crippen molar-refractivity contribution in [1.82, 2.24) is 4.31 Å². The van der Waals surface area contributed by atoms with Gasteiger partial charge in [0.25, 0.3) is 0 Å². The van der Waals surface area contributed by atoms with Crippen LogP contribution in [0.1, 0.15) is 30.9 Å². The quantitative estimate of drug-likeness (QED) is 0.642. The number of hydrogen-bond donors (Lipinski definition) is 1. The molecule has 3 atom stereocenters. The maximum atomic E-state index is 10.6. The summed E-state index contributed by atoms with van der Waals surface area (Å²) in [6.07, 6.45) is 3.04. The minimum absolute atomic E-state index is 0.165. The summed E-state index contributed by atoms with van der Waals surface area (Å²) in [7, 11) is 1.26. The second-order valence-electron chi connectivity index (χ2n) is 7.38. The molecule has 29 heavy (non-hydrogen) atoms. The second-order valence-corrected chi connectivity index (χ2v) is 10.3. The number of nitrogens with two attached hydrogens (primary N) is 1. The molecule has 0 saturated carbocycles. The van der Waals surface area contributed by atoms with Gasteiger partial charge in [0.05, 0.1) is 17.0 Å². The largest absolute Gasteiger partial charge is 0.363 e. The Bertz CT molecular complexity index is 850. The average Bonchev–Trinajstić information content (AvgIpc) is 3.06. The third-order valence-corrected chi connectivity index (χ3v) is 7.57. The van der Waals surface area contributed by atoms with E-state index in [2.05, 4.69) is 4.90 Å². The summed E-state index contributed by atoms with van der Waals surface area (Å²) >= 11 is 18.4. The monoisotopic (exact) mass is 473 g/mol. The maximum absolute atomic E-state index is 10.6. The predicted octanol–water partition coefficient (Wildman–Crippen LogP) is 5.30. The van der Waals surface area contributed by atoms with Crippen LogP contribution in [0.4, 0.5) is 5.69 Å². The third kappa shape index (κ3) is 6.09. The molecule has 0 amide bonds. The molecule has 158 valence electrons. The lowest BCUT2D eigenvalue weighted by molar-refractivity contribution is 0.427. The number of nitrogens with zero attached hydrogens (tertiary/aromatic N) is 2. The highest BCUT2D eigenvalue weighted by Crippen LogP contribution is 2.38. The first-order valence-corrected chi connectivity index (χ1v) is 12.1. The molecule has 0 aliphatic carbocycles. The SMILES string of the molecule is CN1CCCS1=O.NC1CCC(c2ccc(Cl)cc2Cl)N(c2ccc(Cl)cc2)C1. The van der Waals surface area contributed by atoms with Crippen LogP contribution in [0, 0.1) is 0 Å². The molecule has 2 heterocycles. The standard InChI is InChI=1S/C17H17Cl3N2.C4H9NOS/c18-11-1-5-14(6-2-11)22-10-13(21)4-8-17(22)15-7-3-12(19)9-16(15)20;1-5-3-2-4-7(5)6/h1-3,5-7,9,13,17H,4,8,10,21H2;2-4H2,1H3. The highest BCUT2D eigenvalue weighted by atomic mass is 35.5. The van der Waals surface area contributed by atoms with Gasteiger partial charge in [-0.2, -0.15) is 0 Å². The van der Waals surface area contributed by atoms with Crippen LogP contribution in [0.2, 0.25) is 15.1 Å². The van der Waals surface area contributed by atoms with E-state index in [9.17, 15) is 4.21 Å². The van der Waals surface area contributed by atoms with Crippen molar-refractivity contribution in [3.8, 4) is 0 Å². The predicted molar refractivity (Wildman–Crippen MR) is 125 cm³/mol. The van der Waals surface area contributed by atoms with Crippen LogP contribution in [0.15, 0.2) is 42.5 Å². The van der Waals surface area contributed by atoms with Crippen molar-refractivity contribution in [3.63, 3.8) is 0 Å². The summed E-state index contributed by atoms with van der Waals surface area (Å²) in [5.74, 6) is 0.872. The smallest absolute Gasteiger partial charge is 0.0940 e. The van der Waals surface area contributed by atoms with E-state index in [1.807, 2.05) is 47.8 Å². The van der Waals surface area contributed by atoms with E-state index in [1.165, 1.54) is 0 Å². The zero-order valence-corrected chi connectivity index (χ0v) is 19.4. The second kappa shape index (κ2) is 10.5. The summed E-state index contributed by atoms with van der Waals surface area (Å²) in [6.45, 7) is 1.80. The molecule has 2 fully saturated rings. The molecule has 4 nitrogen and oxygen atoms in total. The molecule has 0 bridgehead atoms. The fourth-order valence-electron chi connectivity index (χ4n) is 3.68. The first kappa shape index (κ1) is 22.9. The summed E-state index contributed by atoms with van der Waals surface area (Å²) < 4.78 is 12.5. The first-order valence-electron chi connectivity index (χ1n) is 9.67. The Labute approximate surface area is 190 Å². The topological polar surface area (TPSA) is 49.6 Å². The molecule has 4 rings (SSSR count). The minimum Gasteiger partial charge on any atom is -0.363 e. The van der Waals surface area contributed by atoms with Crippen LogP contribution in [0.3, 0.4) is 0 Å². The van der Waals surface area contributed by atoms with Crippen molar-refractivity contribution >= 4 is 51.5 Å². The van der Waals surface area contributed by atoms with Crippen LogP contribution >= 0.6 is 34.8 Å². The normalized spacial score (nSPS) is 24.9. The van der Waals surface area contributed by atoms with Crippen molar-refractivity contribution in [1.29, 1.82) is 0 Å². The molecule has 0 aromatic heterocycles. The molecular weight excluding hydrogens is 449 g/mol.